The number of sulfonamides is 1. The molecule has 0 aliphatic carbocycles. The Labute approximate surface area is 172 Å². The first-order valence-corrected chi connectivity index (χ1v) is 11.0. The second kappa shape index (κ2) is 9.05. The van der Waals surface area contributed by atoms with Gasteiger partial charge in [-0.05, 0) is 37.1 Å². The fourth-order valence-corrected chi connectivity index (χ4v) is 4.21. The molecule has 10 heteroatoms. The maximum absolute atomic E-state index is 12.9. The number of hydrogen-bond acceptors (Lipinski definition) is 4. The Morgan fingerprint density at radius 3 is 2.63 bits per heavy atom. The summed E-state index contributed by atoms with van der Waals surface area (Å²) in [6.07, 6.45) is -3.89. The number of aromatic nitrogens is 2. The van der Waals surface area contributed by atoms with E-state index in [1.54, 1.807) is 16.7 Å². The van der Waals surface area contributed by atoms with Gasteiger partial charge < -0.3 is 9.30 Å². The van der Waals surface area contributed by atoms with Crippen LogP contribution in [0.2, 0.25) is 0 Å². The molecule has 0 bridgehead atoms. The predicted molar refractivity (Wildman–Crippen MR) is 109 cm³/mol. The maximum atomic E-state index is 12.9. The van der Waals surface area contributed by atoms with Crippen LogP contribution in [-0.4, -0.2) is 31.2 Å². The number of hydrogen-bond donors (Lipinski definition) is 1. The third kappa shape index (κ3) is 5.51. The second-order valence-electron chi connectivity index (χ2n) is 6.69. The van der Waals surface area contributed by atoms with Crippen LogP contribution in [0.5, 0.6) is 0 Å². The van der Waals surface area contributed by atoms with E-state index in [1.807, 2.05) is 19.1 Å². The first kappa shape index (κ1) is 22.1. The molecule has 6 nitrogen and oxygen atoms in total. The molecule has 0 atom stereocenters. The van der Waals surface area contributed by atoms with E-state index in [1.165, 1.54) is 12.1 Å². The van der Waals surface area contributed by atoms with Crippen LogP contribution in [0.15, 0.2) is 48.5 Å². The SMILES string of the molecule is CCOCCCn1c(NS(=O)(=O)Cc2cccc(C(F)(F)F)c2)nc2ccccc21. The Bertz CT molecular complexity index is 1110. The normalized spacial score (nSPS) is 12.4. The average molecular weight is 441 g/mol. The Hall–Kier alpha value is -2.59. The topological polar surface area (TPSA) is 73.2 Å². The van der Waals surface area contributed by atoms with Gasteiger partial charge in [-0.1, -0.05) is 30.3 Å². The zero-order chi connectivity index (χ0) is 21.8. The van der Waals surface area contributed by atoms with Gasteiger partial charge >= 0.3 is 6.18 Å². The summed E-state index contributed by atoms with van der Waals surface area (Å²) in [6.45, 7) is 3.46. The van der Waals surface area contributed by atoms with E-state index in [0.29, 0.717) is 31.7 Å². The molecule has 0 spiro atoms. The van der Waals surface area contributed by atoms with Crippen molar-refractivity contribution in [2.24, 2.45) is 0 Å². The average Bonchev–Trinajstić information content (AvgIpc) is 3.00. The van der Waals surface area contributed by atoms with Gasteiger partial charge in [-0.25, -0.2) is 13.4 Å². The number of nitrogens with zero attached hydrogens (tertiary/aromatic N) is 2. The van der Waals surface area contributed by atoms with Gasteiger partial charge in [0.05, 0.1) is 22.3 Å². The van der Waals surface area contributed by atoms with Crippen molar-refractivity contribution in [1.82, 2.24) is 9.55 Å². The molecule has 3 rings (SSSR count). The number of halogens is 3. The van der Waals surface area contributed by atoms with Crippen molar-refractivity contribution in [3.05, 3.63) is 59.7 Å². The molecule has 0 fully saturated rings. The molecule has 0 aliphatic heterocycles. The first-order chi connectivity index (χ1) is 14.2. The molecule has 1 aromatic heterocycles. The monoisotopic (exact) mass is 441 g/mol. The molecule has 0 radical (unpaired) electrons. The number of benzene rings is 2. The van der Waals surface area contributed by atoms with Crippen LogP contribution in [0.25, 0.3) is 11.0 Å². The largest absolute Gasteiger partial charge is 0.416 e. The number of para-hydroxylation sites is 2. The Kier molecular flexibility index (Phi) is 6.67. The second-order valence-corrected chi connectivity index (χ2v) is 8.41. The lowest BCUT2D eigenvalue weighted by molar-refractivity contribution is -0.137. The molecule has 162 valence electrons. The third-order valence-corrected chi connectivity index (χ3v) is 5.59. The number of ether oxygens (including phenoxy) is 1. The van der Waals surface area contributed by atoms with Crippen molar-refractivity contribution in [2.75, 3.05) is 17.9 Å². The van der Waals surface area contributed by atoms with Crippen LogP contribution < -0.4 is 4.72 Å². The number of rotatable bonds is 9. The molecule has 3 aromatic rings. The highest BCUT2D eigenvalue weighted by atomic mass is 32.2. The summed E-state index contributed by atoms with van der Waals surface area (Å²) >= 11 is 0. The minimum Gasteiger partial charge on any atom is -0.382 e. The van der Waals surface area contributed by atoms with E-state index in [2.05, 4.69) is 9.71 Å². The van der Waals surface area contributed by atoms with Gasteiger partial charge in [-0.2, -0.15) is 13.2 Å². The predicted octanol–water partition coefficient (Wildman–Crippen LogP) is 4.42. The highest BCUT2D eigenvalue weighted by Gasteiger charge is 2.30. The molecule has 0 aliphatic rings. The fraction of sp³-hybridized carbons (Fsp3) is 0.350. The van der Waals surface area contributed by atoms with E-state index in [4.69, 9.17) is 4.74 Å². The van der Waals surface area contributed by atoms with Crippen LogP contribution in [0.1, 0.15) is 24.5 Å². The van der Waals surface area contributed by atoms with Crippen molar-refractivity contribution in [1.29, 1.82) is 0 Å². The summed E-state index contributed by atoms with van der Waals surface area (Å²) in [5, 5.41) is 0. The standard InChI is InChI=1S/C20H22F3N3O3S/c1-2-29-12-6-11-26-18-10-4-3-9-17(18)24-19(26)25-30(27,28)14-15-7-5-8-16(13-15)20(21,22)23/h3-5,7-10,13H,2,6,11-12,14H2,1H3,(H,24,25). The Balaban J connectivity index is 1.84. The van der Waals surface area contributed by atoms with Crippen molar-refractivity contribution in [3.8, 4) is 0 Å². The molecule has 30 heavy (non-hydrogen) atoms. The summed E-state index contributed by atoms with van der Waals surface area (Å²) in [7, 11) is -3.99. The van der Waals surface area contributed by atoms with Gasteiger partial charge in [-0.15, -0.1) is 0 Å². The molecular weight excluding hydrogens is 419 g/mol. The molecule has 0 amide bonds. The van der Waals surface area contributed by atoms with Crippen LogP contribution >= 0.6 is 0 Å². The third-order valence-electron chi connectivity index (χ3n) is 4.39. The quantitative estimate of drug-likeness (QED) is 0.499. The summed E-state index contributed by atoms with van der Waals surface area (Å²) < 4.78 is 73.5. The lowest BCUT2D eigenvalue weighted by Gasteiger charge is -2.12. The van der Waals surface area contributed by atoms with E-state index in [9.17, 15) is 21.6 Å². The molecule has 0 unspecified atom stereocenters. The van der Waals surface area contributed by atoms with Crippen molar-refractivity contribution < 1.29 is 26.3 Å². The smallest absolute Gasteiger partial charge is 0.382 e. The fourth-order valence-electron chi connectivity index (χ4n) is 3.08. The van der Waals surface area contributed by atoms with E-state index in [-0.39, 0.29) is 11.5 Å². The number of anilines is 1. The van der Waals surface area contributed by atoms with Gasteiger partial charge in [0.15, 0.2) is 0 Å². The minimum absolute atomic E-state index is 0.0383. The lowest BCUT2D eigenvalue weighted by Crippen LogP contribution is -2.19. The molecule has 0 saturated carbocycles. The number of imidazole rings is 1. The highest BCUT2D eigenvalue weighted by molar-refractivity contribution is 7.91. The molecular formula is C20H22F3N3O3S. The zero-order valence-electron chi connectivity index (χ0n) is 16.3. The van der Waals surface area contributed by atoms with Crippen LogP contribution in [0, 0.1) is 0 Å². The molecule has 0 saturated heterocycles. The molecule has 1 N–H and O–H groups in total. The van der Waals surface area contributed by atoms with E-state index < -0.39 is 27.5 Å². The molecule has 2 aromatic carbocycles. The summed E-state index contributed by atoms with van der Waals surface area (Å²) in [5.74, 6) is -0.473. The van der Waals surface area contributed by atoms with Gasteiger partial charge in [0.2, 0.25) is 16.0 Å². The summed E-state index contributed by atoms with van der Waals surface area (Å²) in [5.41, 5.74) is 0.520. The number of aryl methyl sites for hydroxylation is 1. The van der Waals surface area contributed by atoms with Gasteiger partial charge in [0, 0.05) is 19.8 Å². The number of alkyl halides is 3. The van der Waals surface area contributed by atoms with Crippen molar-refractivity contribution in [3.63, 3.8) is 0 Å². The molecule has 1 heterocycles. The highest BCUT2D eigenvalue weighted by Crippen LogP contribution is 2.30. The van der Waals surface area contributed by atoms with E-state index >= 15 is 0 Å². The van der Waals surface area contributed by atoms with Crippen LogP contribution in [0.4, 0.5) is 19.1 Å². The first-order valence-electron chi connectivity index (χ1n) is 9.39. The van der Waals surface area contributed by atoms with Crippen LogP contribution in [-0.2, 0) is 33.2 Å². The minimum atomic E-state index is -4.54. The lowest BCUT2D eigenvalue weighted by atomic mass is 10.1. The Morgan fingerprint density at radius 2 is 1.90 bits per heavy atom. The summed E-state index contributed by atoms with van der Waals surface area (Å²) in [6, 6.07) is 11.5. The van der Waals surface area contributed by atoms with Gasteiger partial charge in [0.25, 0.3) is 0 Å². The van der Waals surface area contributed by atoms with Crippen LogP contribution in [0.3, 0.4) is 0 Å². The van der Waals surface area contributed by atoms with Gasteiger partial charge in [0.1, 0.15) is 0 Å². The van der Waals surface area contributed by atoms with E-state index in [0.717, 1.165) is 17.6 Å². The summed E-state index contributed by atoms with van der Waals surface area (Å²) in [4.78, 5) is 4.35. The van der Waals surface area contributed by atoms with Crippen molar-refractivity contribution in [2.45, 2.75) is 31.8 Å². The van der Waals surface area contributed by atoms with Crippen molar-refractivity contribution >= 4 is 27.0 Å². The Morgan fingerprint density at radius 1 is 1.13 bits per heavy atom. The maximum Gasteiger partial charge on any atom is 0.416 e. The zero-order valence-corrected chi connectivity index (χ0v) is 17.1. The van der Waals surface area contributed by atoms with Gasteiger partial charge in [-0.3, -0.25) is 4.72 Å². The number of fused-ring (bicyclic) bond motifs is 1. The number of nitrogens with one attached hydrogen (secondary N) is 1.